The molecule has 2 rings (SSSR count). The fraction of sp³-hybridized carbons (Fsp3) is 0.529. The van der Waals surface area contributed by atoms with Gasteiger partial charge >= 0.3 is 0 Å². The first-order valence-electron chi connectivity index (χ1n) is 7.29. The van der Waals surface area contributed by atoms with Crippen molar-refractivity contribution >= 4 is 11.7 Å². The summed E-state index contributed by atoms with van der Waals surface area (Å²) in [4.78, 5) is 23.6. The number of nitrogens with one attached hydrogen (secondary N) is 1. The highest BCUT2D eigenvalue weighted by molar-refractivity contribution is 5.98. The van der Waals surface area contributed by atoms with E-state index in [0.29, 0.717) is 11.6 Å². The van der Waals surface area contributed by atoms with Crippen LogP contribution in [-0.2, 0) is 10.2 Å². The van der Waals surface area contributed by atoms with E-state index in [1.165, 1.54) is 5.56 Å². The number of rotatable bonds is 5. The van der Waals surface area contributed by atoms with Crippen LogP contribution in [0.3, 0.4) is 0 Å². The van der Waals surface area contributed by atoms with Crippen molar-refractivity contribution in [3.05, 3.63) is 35.4 Å². The Morgan fingerprint density at radius 1 is 1.10 bits per heavy atom. The van der Waals surface area contributed by atoms with Crippen molar-refractivity contribution in [2.24, 2.45) is 0 Å². The molecule has 3 heteroatoms. The Balaban J connectivity index is 1.87. The summed E-state index contributed by atoms with van der Waals surface area (Å²) in [5.74, 6) is 0.0311. The lowest BCUT2D eigenvalue weighted by Crippen LogP contribution is -2.25. The highest BCUT2D eigenvalue weighted by atomic mass is 16.2. The largest absolute Gasteiger partial charge is 0.353 e. The number of hydrogen-bond acceptors (Lipinski definition) is 2. The van der Waals surface area contributed by atoms with Crippen molar-refractivity contribution in [2.45, 2.75) is 57.9 Å². The minimum atomic E-state index is -0.00726. The molecule has 1 saturated carbocycles. The molecule has 0 bridgehead atoms. The Labute approximate surface area is 120 Å². The third kappa shape index (κ3) is 4.19. The van der Waals surface area contributed by atoms with Crippen molar-refractivity contribution in [3.63, 3.8) is 0 Å². The molecule has 0 aliphatic heterocycles. The lowest BCUT2D eigenvalue weighted by molar-refractivity contribution is -0.121. The van der Waals surface area contributed by atoms with Crippen molar-refractivity contribution in [3.8, 4) is 0 Å². The summed E-state index contributed by atoms with van der Waals surface area (Å²) in [5.41, 5.74) is 1.99. The van der Waals surface area contributed by atoms with E-state index in [9.17, 15) is 9.59 Å². The molecule has 1 N–H and O–H groups in total. The molecular formula is C17H23NO2. The van der Waals surface area contributed by atoms with Gasteiger partial charge in [-0.25, -0.2) is 0 Å². The van der Waals surface area contributed by atoms with Crippen LogP contribution >= 0.6 is 0 Å². The maximum Gasteiger partial charge on any atom is 0.220 e. The van der Waals surface area contributed by atoms with Crippen LogP contribution < -0.4 is 5.32 Å². The number of amides is 1. The Bertz CT molecular complexity index is 493. The Hall–Kier alpha value is -1.64. The topological polar surface area (TPSA) is 46.2 Å². The van der Waals surface area contributed by atoms with Crippen LogP contribution in [0.25, 0.3) is 0 Å². The van der Waals surface area contributed by atoms with Crippen molar-refractivity contribution < 1.29 is 9.59 Å². The summed E-state index contributed by atoms with van der Waals surface area (Å²) in [6, 6.07) is 8.09. The van der Waals surface area contributed by atoms with E-state index in [0.717, 1.165) is 12.8 Å². The quantitative estimate of drug-likeness (QED) is 0.837. The van der Waals surface area contributed by atoms with E-state index < -0.39 is 0 Å². The van der Waals surface area contributed by atoms with Crippen LogP contribution in [0.5, 0.6) is 0 Å². The van der Waals surface area contributed by atoms with Crippen molar-refractivity contribution in [1.82, 2.24) is 5.32 Å². The lowest BCUT2D eigenvalue weighted by atomic mass is 9.86. The van der Waals surface area contributed by atoms with Crippen molar-refractivity contribution in [2.75, 3.05) is 0 Å². The number of carbonyl (C=O) groups excluding carboxylic acids is 2. The van der Waals surface area contributed by atoms with Gasteiger partial charge in [0.1, 0.15) is 0 Å². The molecule has 1 fully saturated rings. The Kier molecular flexibility index (Phi) is 4.26. The second kappa shape index (κ2) is 5.78. The summed E-state index contributed by atoms with van der Waals surface area (Å²) >= 11 is 0. The van der Waals surface area contributed by atoms with E-state index >= 15 is 0 Å². The lowest BCUT2D eigenvalue weighted by Gasteiger charge is -2.18. The first-order chi connectivity index (χ1) is 9.36. The van der Waals surface area contributed by atoms with Gasteiger partial charge in [0.25, 0.3) is 0 Å². The number of ketones is 1. The Morgan fingerprint density at radius 2 is 1.70 bits per heavy atom. The highest BCUT2D eigenvalue weighted by Crippen LogP contribution is 2.22. The van der Waals surface area contributed by atoms with Crippen LogP contribution in [0.1, 0.15) is 62.4 Å². The maximum atomic E-state index is 12.0. The van der Waals surface area contributed by atoms with Gasteiger partial charge in [-0.3, -0.25) is 9.59 Å². The van der Waals surface area contributed by atoms with Crippen LogP contribution in [0.4, 0.5) is 0 Å². The monoisotopic (exact) mass is 273 g/mol. The SMILES string of the molecule is CC(C)(C)c1ccc(C(=O)CCC(=O)NC2CC2)cc1. The van der Waals surface area contributed by atoms with Gasteiger partial charge in [0.05, 0.1) is 0 Å². The molecule has 0 heterocycles. The molecule has 0 aromatic heterocycles. The molecule has 1 amide bonds. The summed E-state index contributed by atoms with van der Waals surface area (Å²) in [6.07, 6.45) is 2.73. The molecule has 0 atom stereocenters. The standard InChI is InChI=1S/C17H23NO2/c1-17(2,3)13-6-4-12(5-7-13)15(19)10-11-16(20)18-14-8-9-14/h4-7,14H,8-11H2,1-3H3,(H,18,20). The van der Waals surface area contributed by atoms with Gasteiger partial charge < -0.3 is 5.32 Å². The fourth-order valence-corrected chi connectivity index (χ4v) is 2.06. The summed E-state index contributed by atoms with van der Waals surface area (Å²) in [7, 11) is 0. The molecule has 1 aliphatic rings. The normalized spacial score (nSPS) is 14.9. The molecule has 0 unspecified atom stereocenters. The number of Topliss-reactive ketones (excluding diaryl/α,β-unsaturated/α-hetero) is 1. The van der Waals surface area contributed by atoms with Gasteiger partial charge in [-0.1, -0.05) is 45.0 Å². The molecule has 0 radical (unpaired) electrons. The molecule has 108 valence electrons. The summed E-state index contributed by atoms with van der Waals surface area (Å²) < 4.78 is 0. The van der Waals surface area contributed by atoms with Crippen LogP contribution in [0.2, 0.25) is 0 Å². The Morgan fingerprint density at radius 3 is 2.20 bits per heavy atom. The average Bonchev–Trinajstić information content (AvgIpc) is 3.19. The van der Waals surface area contributed by atoms with E-state index in [4.69, 9.17) is 0 Å². The predicted octanol–water partition coefficient (Wildman–Crippen LogP) is 3.23. The van der Waals surface area contributed by atoms with Crippen molar-refractivity contribution in [1.29, 1.82) is 0 Å². The third-order valence-corrected chi connectivity index (χ3v) is 3.59. The molecule has 1 aromatic carbocycles. The van der Waals surface area contributed by atoms with Crippen LogP contribution in [0.15, 0.2) is 24.3 Å². The second-order valence-electron chi connectivity index (χ2n) is 6.59. The zero-order valence-corrected chi connectivity index (χ0v) is 12.5. The third-order valence-electron chi connectivity index (χ3n) is 3.59. The first kappa shape index (κ1) is 14.8. The van der Waals surface area contributed by atoms with Crippen LogP contribution in [-0.4, -0.2) is 17.7 Å². The van der Waals surface area contributed by atoms with E-state index in [1.807, 2.05) is 24.3 Å². The highest BCUT2D eigenvalue weighted by Gasteiger charge is 2.23. The predicted molar refractivity (Wildman–Crippen MR) is 79.9 cm³/mol. The minimum absolute atomic E-state index is 0.00726. The molecule has 0 spiro atoms. The minimum Gasteiger partial charge on any atom is -0.353 e. The van der Waals surface area contributed by atoms with Gasteiger partial charge in [-0.2, -0.15) is 0 Å². The molecule has 0 saturated heterocycles. The fourth-order valence-electron chi connectivity index (χ4n) is 2.06. The second-order valence-corrected chi connectivity index (χ2v) is 6.59. The van der Waals surface area contributed by atoms with Gasteiger partial charge in [-0.05, 0) is 23.8 Å². The van der Waals surface area contributed by atoms with Gasteiger partial charge in [0.15, 0.2) is 5.78 Å². The number of benzene rings is 1. The average molecular weight is 273 g/mol. The van der Waals surface area contributed by atoms with E-state index in [2.05, 4.69) is 26.1 Å². The van der Waals surface area contributed by atoms with Crippen LogP contribution in [0, 0.1) is 0 Å². The molecule has 20 heavy (non-hydrogen) atoms. The number of hydrogen-bond donors (Lipinski definition) is 1. The molecule has 1 aromatic rings. The molecule has 3 nitrogen and oxygen atoms in total. The number of carbonyl (C=O) groups is 2. The molecule has 1 aliphatic carbocycles. The first-order valence-corrected chi connectivity index (χ1v) is 7.29. The zero-order valence-electron chi connectivity index (χ0n) is 12.5. The maximum absolute atomic E-state index is 12.0. The van der Waals surface area contributed by atoms with Gasteiger partial charge in [0, 0.05) is 24.4 Å². The van der Waals surface area contributed by atoms with Gasteiger partial charge in [-0.15, -0.1) is 0 Å². The smallest absolute Gasteiger partial charge is 0.220 e. The van der Waals surface area contributed by atoms with E-state index in [1.54, 1.807) is 0 Å². The molecular weight excluding hydrogens is 250 g/mol. The zero-order chi connectivity index (χ0) is 14.8. The van der Waals surface area contributed by atoms with Gasteiger partial charge in [0.2, 0.25) is 5.91 Å². The summed E-state index contributed by atoms with van der Waals surface area (Å²) in [5, 5.41) is 2.90. The summed E-state index contributed by atoms with van der Waals surface area (Å²) in [6.45, 7) is 6.43. The van der Waals surface area contributed by atoms with E-state index in [-0.39, 0.29) is 29.9 Å².